The maximum atomic E-state index is 12.1. The highest BCUT2D eigenvalue weighted by Gasteiger charge is 2.15. The Labute approximate surface area is 117 Å². The second-order valence-electron chi connectivity index (χ2n) is 4.51. The second-order valence-corrected chi connectivity index (χ2v) is 4.51. The molecule has 1 atom stereocenters. The number of carbonyl (C=O) groups is 2. The van der Waals surface area contributed by atoms with Crippen LogP contribution in [0.3, 0.4) is 0 Å². The van der Waals surface area contributed by atoms with Crippen LogP contribution in [0.25, 0.3) is 0 Å². The third kappa shape index (κ3) is 3.23. The highest BCUT2D eigenvalue weighted by Crippen LogP contribution is 2.18. The fraction of sp³-hybridized carbons (Fsp3) is 0.125. The fourth-order valence-electron chi connectivity index (χ4n) is 1.87. The Balaban J connectivity index is 2.12. The highest BCUT2D eigenvalue weighted by molar-refractivity contribution is 5.97. The molecule has 0 saturated heterocycles. The minimum absolute atomic E-state index is 0.148. The largest absolute Gasteiger partial charge is 0.478 e. The van der Waals surface area contributed by atoms with Crippen molar-refractivity contribution in [1.82, 2.24) is 0 Å². The van der Waals surface area contributed by atoms with E-state index in [1.807, 2.05) is 37.3 Å². The molecule has 0 aliphatic carbocycles. The monoisotopic (exact) mass is 269 g/mol. The van der Waals surface area contributed by atoms with Crippen LogP contribution in [-0.4, -0.2) is 17.0 Å². The van der Waals surface area contributed by atoms with Gasteiger partial charge in [-0.3, -0.25) is 4.79 Å². The quantitative estimate of drug-likeness (QED) is 0.896. The van der Waals surface area contributed by atoms with Crippen LogP contribution in [0, 0.1) is 0 Å². The summed E-state index contributed by atoms with van der Waals surface area (Å²) in [6, 6.07) is 15.6. The molecule has 0 fully saturated rings. The summed E-state index contributed by atoms with van der Waals surface area (Å²) in [7, 11) is 0. The van der Waals surface area contributed by atoms with Crippen LogP contribution < -0.4 is 5.32 Å². The number of benzene rings is 2. The molecule has 4 heteroatoms. The van der Waals surface area contributed by atoms with Crippen LogP contribution >= 0.6 is 0 Å². The first-order valence-electron chi connectivity index (χ1n) is 6.27. The van der Waals surface area contributed by atoms with Gasteiger partial charge in [-0.05, 0) is 30.7 Å². The van der Waals surface area contributed by atoms with E-state index in [2.05, 4.69) is 5.32 Å². The van der Waals surface area contributed by atoms with E-state index >= 15 is 0 Å². The summed E-state index contributed by atoms with van der Waals surface area (Å²) in [5, 5.41) is 11.7. The number of anilines is 1. The topological polar surface area (TPSA) is 66.4 Å². The van der Waals surface area contributed by atoms with Gasteiger partial charge in [0.1, 0.15) is 0 Å². The molecule has 1 unspecified atom stereocenters. The predicted octanol–water partition coefficient (Wildman–Crippen LogP) is 3.13. The molecule has 102 valence electrons. The van der Waals surface area contributed by atoms with Gasteiger partial charge in [-0.15, -0.1) is 0 Å². The molecule has 20 heavy (non-hydrogen) atoms. The number of carbonyl (C=O) groups excluding carboxylic acids is 1. The number of carboxylic acid groups (broad SMARTS) is 1. The van der Waals surface area contributed by atoms with Crippen molar-refractivity contribution in [2.75, 3.05) is 5.32 Å². The molecule has 0 aliphatic heterocycles. The standard InChI is InChI=1S/C16H15NO3/c1-11(12-6-3-2-4-7-12)15(18)17-14-9-5-8-13(10-14)16(19)20/h2-11H,1H3,(H,17,18)(H,19,20). The zero-order valence-corrected chi connectivity index (χ0v) is 11.0. The zero-order valence-electron chi connectivity index (χ0n) is 11.0. The van der Waals surface area contributed by atoms with Gasteiger partial charge in [0, 0.05) is 5.69 Å². The second kappa shape index (κ2) is 6.02. The van der Waals surface area contributed by atoms with Gasteiger partial charge in [-0.2, -0.15) is 0 Å². The van der Waals surface area contributed by atoms with E-state index in [1.165, 1.54) is 12.1 Å². The Hall–Kier alpha value is -2.62. The van der Waals surface area contributed by atoms with E-state index in [9.17, 15) is 9.59 Å². The summed E-state index contributed by atoms with van der Waals surface area (Å²) in [6.45, 7) is 1.81. The maximum Gasteiger partial charge on any atom is 0.335 e. The van der Waals surface area contributed by atoms with E-state index in [0.29, 0.717) is 5.69 Å². The number of rotatable bonds is 4. The van der Waals surface area contributed by atoms with Crippen molar-refractivity contribution in [3.63, 3.8) is 0 Å². The lowest BCUT2D eigenvalue weighted by Gasteiger charge is -2.12. The van der Waals surface area contributed by atoms with E-state index < -0.39 is 5.97 Å². The molecule has 2 aromatic carbocycles. The summed E-state index contributed by atoms with van der Waals surface area (Å²) in [6.07, 6.45) is 0. The van der Waals surface area contributed by atoms with Crippen LogP contribution in [0.5, 0.6) is 0 Å². The normalized spacial score (nSPS) is 11.7. The molecule has 0 radical (unpaired) electrons. The van der Waals surface area contributed by atoms with Gasteiger partial charge >= 0.3 is 5.97 Å². The minimum Gasteiger partial charge on any atom is -0.478 e. The van der Waals surface area contributed by atoms with Crippen molar-refractivity contribution in [2.24, 2.45) is 0 Å². The SMILES string of the molecule is CC(C(=O)Nc1cccc(C(=O)O)c1)c1ccccc1. The molecule has 1 amide bonds. The lowest BCUT2D eigenvalue weighted by Crippen LogP contribution is -2.19. The molecule has 0 spiro atoms. The van der Waals surface area contributed by atoms with Crippen LogP contribution in [-0.2, 0) is 4.79 Å². The van der Waals surface area contributed by atoms with Crippen molar-refractivity contribution in [3.05, 3.63) is 65.7 Å². The smallest absolute Gasteiger partial charge is 0.335 e. The summed E-state index contributed by atoms with van der Waals surface area (Å²) in [5.41, 5.74) is 1.55. The molecular formula is C16H15NO3. The average Bonchev–Trinajstić information content (AvgIpc) is 2.47. The van der Waals surface area contributed by atoms with Crippen molar-refractivity contribution in [3.8, 4) is 0 Å². The number of amides is 1. The predicted molar refractivity (Wildman–Crippen MR) is 76.9 cm³/mol. The number of nitrogens with one attached hydrogen (secondary N) is 1. The Kier molecular flexibility index (Phi) is 4.15. The number of hydrogen-bond acceptors (Lipinski definition) is 2. The first-order valence-corrected chi connectivity index (χ1v) is 6.27. The van der Waals surface area contributed by atoms with Crippen molar-refractivity contribution >= 4 is 17.6 Å². The molecule has 0 heterocycles. The van der Waals surface area contributed by atoms with Gasteiger partial charge in [0.05, 0.1) is 11.5 Å². The zero-order chi connectivity index (χ0) is 14.5. The first kappa shape index (κ1) is 13.8. The maximum absolute atomic E-state index is 12.1. The van der Waals surface area contributed by atoms with Crippen LogP contribution in [0.15, 0.2) is 54.6 Å². The van der Waals surface area contributed by atoms with Gasteiger partial charge in [0.15, 0.2) is 0 Å². The molecule has 0 aliphatic rings. The number of hydrogen-bond donors (Lipinski definition) is 2. The number of aromatic carboxylic acids is 1. The third-order valence-electron chi connectivity index (χ3n) is 3.07. The van der Waals surface area contributed by atoms with E-state index in [1.54, 1.807) is 12.1 Å². The first-order chi connectivity index (χ1) is 9.58. The summed E-state index contributed by atoms with van der Waals surface area (Å²) in [5.74, 6) is -1.49. The van der Waals surface area contributed by atoms with Crippen LogP contribution in [0.4, 0.5) is 5.69 Å². The Morgan fingerprint density at radius 2 is 1.75 bits per heavy atom. The molecule has 2 rings (SSSR count). The average molecular weight is 269 g/mol. The molecule has 2 N–H and O–H groups in total. The van der Waals surface area contributed by atoms with E-state index in [0.717, 1.165) is 5.56 Å². The Morgan fingerprint density at radius 3 is 2.40 bits per heavy atom. The molecule has 0 aromatic heterocycles. The molecule has 0 bridgehead atoms. The summed E-state index contributed by atoms with van der Waals surface area (Å²) in [4.78, 5) is 23.0. The van der Waals surface area contributed by atoms with Crippen molar-refractivity contribution in [1.29, 1.82) is 0 Å². The van der Waals surface area contributed by atoms with Gasteiger partial charge in [0.25, 0.3) is 0 Å². The Morgan fingerprint density at radius 1 is 1.05 bits per heavy atom. The summed E-state index contributed by atoms with van der Waals surface area (Å²) < 4.78 is 0. The van der Waals surface area contributed by atoms with Crippen LogP contribution in [0.2, 0.25) is 0 Å². The molecular weight excluding hydrogens is 254 g/mol. The van der Waals surface area contributed by atoms with E-state index in [4.69, 9.17) is 5.11 Å². The highest BCUT2D eigenvalue weighted by atomic mass is 16.4. The van der Waals surface area contributed by atoms with Gasteiger partial charge in [-0.1, -0.05) is 36.4 Å². The van der Waals surface area contributed by atoms with Gasteiger partial charge in [0.2, 0.25) is 5.91 Å². The van der Waals surface area contributed by atoms with Gasteiger partial charge in [-0.25, -0.2) is 4.79 Å². The third-order valence-corrected chi connectivity index (χ3v) is 3.07. The lowest BCUT2D eigenvalue weighted by molar-refractivity contribution is -0.117. The number of carboxylic acids is 1. The molecule has 4 nitrogen and oxygen atoms in total. The van der Waals surface area contributed by atoms with E-state index in [-0.39, 0.29) is 17.4 Å². The lowest BCUT2D eigenvalue weighted by atomic mass is 10.0. The minimum atomic E-state index is -1.02. The Bertz CT molecular complexity index is 623. The molecule has 0 saturated carbocycles. The van der Waals surface area contributed by atoms with Crippen LogP contribution in [0.1, 0.15) is 28.8 Å². The fourth-order valence-corrected chi connectivity index (χ4v) is 1.87. The van der Waals surface area contributed by atoms with Gasteiger partial charge < -0.3 is 10.4 Å². The van der Waals surface area contributed by atoms with Crippen molar-refractivity contribution in [2.45, 2.75) is 12.8 Å². The van der Waals surface area contributed by atoms with Crippen molar-refractivity contribution < 1.29 is 14.7 Å². The molecule has 2 aromatic rings. The summed E-state index contributed by atoms with van der Waals surface area (Å²) >= 11 is 0.